The maximum Gasteiger partial charge on any atom is -0.0308 e. The monoisotopic (exact) mass is 306 g/mol. The van der Waals surface area contributed by atoms with Crippen LogP contribution in [0.3, 0.4) is 0 Å². The third kappa shape index (κ3) is 13.1. The lowest BCUT2D eigenvalue weighted by molar-refractivity contribution is 1.15. The predicted molar refractivity (Wildman–Crippen MR) is 106 cm³/mol. The van der Waals surface area contributed by atoms with Gasteiger partial charge in [-0.05, 0) is 32.8 Å². The molecule has 0 unspecified atom stereocenters. The molecule has 0 fully saturated rings. The molecule has 0 aliphatic carbocycles. The quantitative estimate of drug-likeness (QED) is 0.532. The number of hydrogen-bond donors (Lipinski definition) is 0. The van der Waals surface area contributed by atoms with Crippen LogP contribution in [-0.4, -0.2) is 0 Å². The van der Waals surface area contributed by atoms with Crippen LogP contribution in [0.2, 0.25) is 0 Å². The lowest BCUT2D eigenvalue weighted by Gasteiger charge is -1.90. The van der Waals surface area contributed by atoms with Crippen LogP contribution in [0.5, 0.6) is 0 Å². The van der Waals surface area contributed by atoms with Crippen molar-refractivity contribution in [3.63, 3.8) is 0 Å². The van der Waals surface area contributed by atoms with Gasteiger partial charge in [-0.2, -0.15) is 0 Å². The summed E-state index contributed by atoms with van der Waals surface area (Å²) >= 11 is 0. The molecule has 0 N–H and O–H groups in total. The van der Waals surface area contributed by atoms with Crippen LogP contribution in [0.25, 0.3) is 0 Å². The number of rotatable bonds is 3. The molecule has 2 aromatic rings. The van der Waals surface area contributed by atoms with E-state index in [1.54, 1.807) is 0 Å². The second kappa shape index (κ2) is 14.6. The average Bonchev–Trinajstić information content (AvgIpc) is 2.57. The van der Waals surface area contributed by atoms with Gasteiger partial charge in [0.05, 0.1) is 0 Å². The summed E-state index contributed by atoms with van der Waals surface area (Å²) in [7, 11) is 0. The van der Waals surface area contributed by atoms with Gasteiger partial charge in [-0.25, -0.2) is 0 Å². The van der Waals surface area contributed by atoms with Gasteiger partial charge in [0.15, 0.2) is 0 Å². The molecule has 2 aromatic carbocycles. The van der Waals surface area contributed by atoms with Gasteiger partial charge in [-0.15, -0.1) is 0 Å². The molecule has 23 heavy (non-hydrogen) atoms. The van der Waals surface area contributed by atoms with Crippen molar-refractivity contribution in [2.45, 2.75) is 34.1 Å². The number of allylic oxidation sites excluding steroid dienone is 5. The summed E-state index contributed by atoms with van der Waals surface area (Å²) in [6, 6.07) is 20.5. The second-order valence-electron chi connectivity index (χ2n) is 5.14. The summed E-state index contributed by atoms with van der Waals surface area (Å²) in [4.78, 5) is 0. The Kier molecular flexibility index (Phi) is 13.1. The lowest BCUT2D eigenvalue weighted by Crippen LogP contribution is -1.70. The molecule has 0 aliphatic rings. The molecule has 122 valence electrons. The molecule has 0 spiro atoms. The topological polar surface area (TPSA) is 0 Å². The zero-order valence-corrected chi connectivity index (χ0v) is 15.0. The largest absolute Gasteiger partial charge is 0.0991 e. The van der Waals surface area contributed by atoms with E-state index < -0.39 is 0 Å². The van der Waals surface area contributed by atoms with Gasteiger partial charge in [-0.3, -0.25) is 0 Å². The maximum absolute atomic E-state index is 3.62. The van der Waals surface area contributed by atoms with Gasteiger partial charge < -0.3 is 0 Å². The first-order valence-corrected chi connectivity index (χ1v) is 8.11. The van der Waals surface area contributed by atoms with Gasteiger partial charge in [0.1, 0.15) is 0 Å². The van der Waals surface area contributed by atoms with Crippen molar-refractivity contribution < 1.29 is 0 Å². The highest BCUT2D eigenvalue weighted by atomic mass is 13.9. The second-order valence-corrected chi connectivity index (χ2v) is 5.14. The Labute approximate surface area is 142 Å². The molecule has 0 heterocycles. The first-order chi connectivity index (χ1) is 11.1. The van der Waals surface area contributed by atoms with Crippen molar-refractivity contribution in [2.75, 3.05) is 0 Å². The van der Waals surface area contributed by atoms with Crippen molar-refractivity contribution in [3.8, 4) is 0 Å². The van der Waals surface area contributed by atoms with Gasteiger partial charge >= 0.3 is 0 Å². The minimum atomic E-state index is 1.08. The summed E-state index contributed by atoms with van der Waals surface area (Å²) in [6.07, 6.45) is 9.07. The zero-order valence-electron chi connectivity index (χ0n) is 15.0. The van der Waals surface area contributed by atoms with E-state index >= 15 is 0 Å². The highest BCUT2D eigenvalue weighted by molar-refractivity contribution is 5.21. The third-order valence-electron chi connectivity index (χ3n) is 3.00. The molecule has 0 amide bonds. The van der Waals surface area contributed by atoms with E-state index in [-0.39, 0.29) is 0 Å². The molecule has 0 saturated heterocycles. The molecule has 0 aromatic heterocycles. The normalized spacial score (nSPS) is 10.2. The van der Waals surface area contributed by atoms with Crippen molar-refractivity contribution in [2.24, 2.45) is 0 Å². The SMILES string of the molecule is C=C/C=C(\C=C/C)CC.Cc1ccccc1.Cc1ccccc1. The fourth-order valence-corrected chi connectivity index (χ4v) is 1.73. The van der Waals surface area contributed by atoms with E-state index in [0.717, 1.165) is 6.42 Å². The van der Waals surface area contributed by atoms with Crippen LogP contribution in [0.1, 0.15) is 31.4 Å². The molecule has 0 atom stereocenters. The predicted octanol–water partition coefficient (Wildman–Crippen LogP) is 7.07. The van der Waals surface area contributed by atoms with Crippen LogP contribution in [0.4, 0.5) is 0 Å². The van der Waals surface area contributed by atoms with E-state index in [4.69, 9.17) is 0 Å². The summed E-state index contributed by atoms with van der Waals surface area (Å²) in [5.41, 5.74) is 3.97. The fourth-order valence-electron chi connectivity index (χ4n) is 1.73. The molecule has 0 aliphatic heterocycles. The molecule has 0 bridgehead atoms. The molecule has 0 nitrogen and oxygen atoms in total. The van der Waals surface area contributed by atoms with Gasteiger partial charge in [0.2, 0.25) is 0 Å². The Balaban J connectivity index is 0.000000318. The first kappa shape index (κ1) is 20.7. The van der Waals surface area contributed by atoms with Crippen molar-refractivity contribution in [3.05, 3.63) is 108 Å². The van der Waals surface area contributed by atoms with Crippen LogP contribution in [0, 0.1) is 13.8 Å². The number of aryl methyl sites for hydroxylation is 2. The standard InChI is InChI=1S/C9H14.2C7H8/c1-4-7-9(6-3)8-5-2;2*1-7-5-3-2-4-6-7/h4-5,7-8H,1,6H2,2-3H3;2*2-6H,1H3/b8-5-,9-7-;;. The summed E-state index contributed by atoms with van der Waals surface area (Å²) < 4.78 is 0. The van der Waals surface area contributed by atoms with Crippen molar-refractivity contribution in [1.29, 1.82) is 0 Å². The van der Waals surface area contributed by atoms with Crippen LogP contribution in [0.15, 0.2) is 97.1 Å². The first-order valence-electron chi connectivity index (χ1n) is 8.11. The molecule has 0 heteroatoms. The van der Waals surface area contributed by atoms with Crippen LogP contribution >= 0.6 is 0 Å². The number of benzene rings is 2. The van der Waals surface area contributed by atoms with E-state index in [9.17, 15) is 0 Å². The smallest absolute Gasteiger partial charge is 0.0308 e. The van der Waals surface area contributed by atoms with E-state index in [2.05, 4.69) is 57.7 Å². The summed E-state index contributed by atoms with van der Waals surface area (Å²) in [5.74, 6) is 0. The molecular weight excluding hydrogens is 276 g/mol. The highest BCUT2D eigenvalue weighted by Gasteiger charge is 1.80. The summed E-state index contributed by atoms with van der Waals surface area (Å²) in [5, 5.41) is 0. The molecular formula is C23H30. The van der Waals surface area contributed by atoms with E-state index in [0.29, 0.717) is 0 Å². The van der Waals surface area contributed by atoms with Gasteiger partial charge in [-0.1, -0.05) is 110 Å². The Hall–Kier alpha value is -2.34. The fraction of sp³-hybridized carbons (Fsp3) is 0.217. The minimum absolute atomic E-state index is 1.08. The minimum Gasteiger partial charge on any atom is -0.0991 e. The Bertz CT molecular complexity index is 522. The van der Waals surface area contributed by atoms with Gasteiger partial charge in [0, 0.05) is 0 Å². The molecule has 0 radical (unpaired) electrons. The van der Waals surface area contributed by atoms with Gasteiger partial charge in [0.25, 0.3) is 0 Å². The van der Waals surface area contributed by atoms with E-state index in [1.807, 2.05) is 61.5 Å². The lowest BCUT2D eigenvalue weighted by atomic mass is 10.2. The Morgan fingerprint density at radius 1 is 0.870 bits per heavy atom. The maximum atomic E-state index is 3.62. The highest BCUT2D eigenvalue weighted by Crippen LogP contribution is 2.01. The Morgan fingerprint density at radius 3 is 1.52 bits per heavy atom. The van der Waals surface area contributed by atoms with Crippen molar-refractivity contribution in [1.82, 2.24) is 0 Å². The average molecular weight is 306 g/mol. The zero-order chi connectivity index (χ0) is 17.3. The molecule has 2 rings (SSSR count). The van der Waals surface area contributed by atoms with Crippen molar-refractivity contribution >= 4 is 0 Å². The third-order valence-corrected chi connectivity index (χ3v) is 3.00. The summed E-state index contributed by atoms with van der Waals surface area (Å²) in [6.45, 7) is 11.9. The number of hydrogen-bond acceptors (Lipinski definition) is 0. The molecule has 0 saturated carbocycles. The van der Waals surface area contributed by atoms with E-state index in [1.165, 1.54) is 16.7 Å². The van der Waals surface area contributed by atoms with Crippen LogP contribution in [-0.2, 0) is 0 Å². The Morgan fingerprint density at radius 2 is 1.30 bits per heavy atom. The van der Waals surface area contributed by atoms with Crippen LogP contribution < -0.4 is 0 Å².